The summed E-state index contributed by atoms with van der Waals surface area (Å²) in [6.45, 7) is 2.60. The van der Waals surface area contributed by atoms with Gasteiger partial charge in [0.25, 0.3) is 5.69 Å². The van der Waals surface area contributed by atoms with Crippen LogP contribution in [0.15, 0.2) is 12.3 Å². The van der Waals surface area contributed by atoms with Crippen molar-refractivity contribution in [1.82, 2.24) is 4.98 Å². The number of aromatic nitrogens is 1. The second kappa shape index (κ2) is 5.97. The summed E-state index contributed by atoms with van der Waals surface area (Å²) >= 11 is 0. The molecule has 1 heterocycles. The lowest BCUT2D eigenvalue weighted by atomic mass is 9.97. The highest BCUT2D eigenvalue weighted by atomic mass is 16.6. The van der Waals surface area contributed by atoms with E-state index in [2.05, 4.69) is 10.3 Å². The molecule has 0 spiro atoms. The van der Waals surface area contributed by atoms with Gasteiger partial charge in [-0.2, -0.15) is 0 Å². The topological polar surface area (TPSA) is 88.3 Å². The van der Waals surface area contributed by atoms with Crippen LogP contribution in [0.2, 0.25) is 0 Å². The maximum atomic E-state index is 10.8. The third-order valence-corrected chi connectivity index (χ3v) is 3.87. The van der Waals surface area contributed by atoms with Gasteiger partial charge in [-0.3, -0.25) is 10.1 Å². The molecule has 0 radical (unpaired) electrons. The smallest absolute Gasteiger partial charge is 0.277 e. The van der Waals surface area contributed by atoms with Gasteiger partial charge in [0.05, 0.1) is 11.0 Å². The fourth-order valence-electron chi connectivity index (χ4n) is 2.66. The van der Waals surface area contributed by atoms with Gasteiger partial charge in [-0.15, -0.1) is 0 Å². The number of hydrogen-bond donors (Lipinski definition) is 2. The van der Waals surface area contributed by atoms with E-state index in [-0.39, 0.29) is 12.3 Å². The summed E-state index contributed by atoms with van der Waals surface area (Å²) in [6.07, 6.45) is 4.80. The molecule has 0 saturated heterocycles. The Balaban J connectivity index is 2.00. The van der Waals surface area contributed by atoms with Crippen molar-refractivity contribution in [2.24, 2.45) is 11.8 Å². The molecule has 19 heavy (non-hydrogen) atoms. The predicted octanol–water partition coefficient (Wildman–Crippen LogP) is 2.12. The first-order chi connectivity index (χ1) is 9.11. The number of aliphatic hydroxyl groups is 1. The minimum absolute atomic E-state index is 0.0858. The van der Waals surface area contributed by atoms with Crippen LogP contribution in [-0.4, -0.2) is 28.2 Å². The molecule has 1 aliphatic rings. The number of rotatable bonds is 5. The summed E-state index contributed by atoms with van der Waals surface area (Å²) in [5, 5.41) is 23.3. The van der Waals surface area contributed by atoms with Crippen molar-refractivity contribution in [2.45, 2.75) is 26.2 Å². The lowest BCUT2D eigenvalue weighted by Gasteiger charge is -2.18. The fraction of sp³-hybridized carbons (Fsp3) is 0.615. The Bertz CT molecular complexity index is 464. The lowest BCUT2D eigenvalue weighted by molar-refractivity contribution is -0.385. The van der Waals surface area contributed by atoms with E-state index < -0.39 is 4.92 Å². The van der Waals surface area contributed by atoms with Crippen molar-refractivity contribution in [3.8, 4) is 0 Å². The van der Waals surface area contributed by atoms with Crippen molar-refractivity contribution < 1.29 is 10.0 Å². The Hall–Kier alpha value is -1.69. The average Bonchev–Trinajstić information content (AvgIpc) is 2.84. The molecule has 1 saturated carbocycles. The van der Waals surface area contributed by atoms with Crippen LogP contribution in [0.1, 0.15) is 24.8 Å². The second-order valence-corrected chi connectivity index (χ2v) is 5.13. The average molecular weight is 265 g/mol. The third-order valence-electron chi connectivity index (χ3n) is 3.87. The summed E-state index contributed by atoms with van der Waals surface area (Å²) in [6, 6.07) is 1.47. The van der Waals surface area contributed by atoms with E-state index >= 15 is 0 Å². The van der Waals surface area contributed by atoms with Crippen molar-refractivity contribution in [1.29, 1.82) is 0 Å². The zero-order valence-electron chi connectivity index (χ0n) is 11.0. The minimum atomic E-state index is -0.395. The standard InChI is InChI=1S/C13H19N3O3/c1-9-6-14-13(5-12(9)16(18)19)15-7-10-3-2-4-11(10)8-17/h5-6,10-11,17H,2-4,7-8H2,1H3,(H,14,15). The van der Waals surface area contributed by atoms with Gasteiger partial charge in [-0.1, -0.05) is 6.42 Å². The summed E-state index contributed by atoms with van der Waals surface area (Å²) < 4.78 is 0. The quantitative estimate of drug-likeness (QED) is 0.629. The molecular formula is C13H19N3O3. The number of aryl methyl sites for hydroxylation is 1. The van der Waals surface area contributed by atoms with Gasteiger partial charge in [0, 0.05) is 24.9 Å². The summed E-state index contributed by atoms with van der Waals surface area (Å²) in [5.41, 5.74) is 0.646. The molecule has 0 bridgehead atoms. The van der Waals surface area contributed by atoms with E-state index in [4.69, 9.17) is 0 Å². The number of aliphatic hydroxyl groups excluding tert-OH is 1. The van der Waals surface area contributed by atoms with Gasteiger partial charge in [-0.25, -0.2) is 4.98 Å². The second-order valence-electron chi connectivity index (χ2n) is 5.13. The lowest BCUT2D eigenvalue weighted by Crippen LogP contribution is -2.21. The van der Waals surface area contributed by atoms with Crippen molar-refractivity contribution in [2.75, 3.05) is 18.5 Å². The van der Waals surface area contributed by atoms with E-state index in [9.17, 15) is 15.2 Å². The van der Waals surface area contributed by atoms with Crippen LogP contribution in [0.3, 0.4) is 0 Å². The predicted molar refractivity (Wildman–Crippen MR) is 72.0 cm³/mol. The molecule has 1 fully saturated rings. The van der Waals surface area contributed by atoms with Crippen LogP contribution in [0, 0.1) is 28.9 Å². The Morgan fingerprint density at radius 2 is 2.26 bits per heavy atom. The highest BCUT2D eigenvalue weighted by Gasteiger charge is 2.26. The SMILES string of the molecule is Cc1cnc(NCC2CCCC2CO)cc1[N+](=O)[O-]. The number of hydrogen-bond acceptors (Lipinski definition) is 5. The zero-order valence-corrected chi connectivity index (χ0v) is 11.0. The summed E-state index contributed by atoms with van der Waals surface area (Å²) in [7, 11) is 0. The molecule has 6 heteroatoms. The number of nitro groups is 1. The van der Waals surface area contributed by atoms with Crippen molar-refractivity contribution in [3.05, 3.63) is 27.9 Å². The summed E-state index contributed by atoms with van der Waals surface area (Å²) in [4.78, 5) is 14.6. The van der Waals surface area contributed by atoms with Crippen LogP contribution < -0.4 is 5.32 Å². The first-order valence-corrected chi connectivity index (χ1v) is 6.57. The van der Waals surface area contributed by atoms with Crippen LogP contribution in [0.25, 0.3) is 0 Å². The first-order valence-electron chi connectivity index (χ1n) is 6.57. The monoisotopic (exact) mass is 265 g/mol. The van der Waals surface area contributed by atoms with Gasteiger partial charge >= 0.3 is 0 Å². The molecule has 0 aliphatic heterocycles. The molecule has 0 aromatic carbocycles. The molecule has 1 aromatic heterocycles. The molecular weight excluding hydrogens is 246 g/mol. The van der Waals surface area contributed by atoms with E-state index in [1.54, 1.807) is 6.92 Å². The third kappa shape index (κ3) is 3.20. The maximum Gasteiger partial charge on any atom is 0.277 e. The molecule has 0 amide bonds. The van der Waals surface area contributed by atoms with Gasteiger partial charge < -0.3 is 10.4 Å². The Kier molecular flexibility index (Phi) is 4.31. The molecule has 2 unspecified atom stereocenters. The summed E-state index contributed by atoms with van der Waals surface area (Å²) in [5.74, 6) is 1.29. The molecule has 2 N–H and O–H groups in total. The highest BCUT2D eigenvalue weighted by molar-refractivity contribution is 5.48. The molecule has 2 rings (SSSR count). The Labute approximate surface area is 112 Å². The van der Waals surface area contributed by atoms with Crippen LogP contribution in [-0.2, 0) is 0 Å². The van der Waals surface area contributed by atoms with E-state index in [0.717, 1.165) is 19.3 Å². The van der Waals surface area contributed by atoms with E-state index in [1.165, 1.54) is 12.3 Å². The molecule has 104 valence electrons. The minimum Gasteiger partial charge on any atom is -0.396 e. The number of pyridine rings is 1. The first kappa shape index (κ1) is 13.7. The largest absolute Gasteiger partial charge is 0.396 e. The van der Waals surface area contributed by atoms with Crippen molar-refractivity contribution >= 4 is 11.5 Å². The number of anilines is 1. The number of nitrogens with zero attached hydrogens (tertiary/aromatic N) is 2. The van der Waals surface area contributed by atoms with Gasteiger partial charge in [-0.05, 0) is 31.6 Å². The molecule has 2 atom stereocenters. The van der Waals surface area contributed by atoms with E-state index in [1.807, 2.05) is 0 Å². The highest BCUT2D eigenvalue weighted by Crippen LogP contribution is 2.31. The normalized spacial score (nSPS) is 22.4. The van der Waals surface area contributed by atoms with Crippen LogP contribution >= 0.6 is 0 Å². The molecule has 6 nitrogen and oxygen atoms in total. The fourth-order valence-corrected chi connectivity index (χ4v) is 2.66. The zero-order chi connectivity index (χ0) is 13.8. The van der Waals surface area contributed by atoms with Crippen LogP contribution in [0.5, 0.6) is 0 Å². The molecule has 1 aromatic rings. The van der Waals surface area contributed by atoms with E-state index in [0.29, 0.717) is 29.8 Å². The van der Waals surface area contributed by atoms with Gasteiger partial charge in [0.2, 0.25) is 0 Å². The maximum absolute atomic E-state index is 10.8. The molecule has 1 aliphatic carbocycles. The Morgan fingerprint density at radius 1 is 1.53 bits per heavy atom. The van der Waals surface area contributed by atoms with Gasteiger partial charge in [0.1, 0.15) is 5.82 Å². The number of nitrogens with one attached hydrogen (secondary N) is 1. The van der Waals surface area contributed by atoms with Crippen molar-refractivity contribution in [3.63, 3.8) is 0 Å². The Morgan fingerprint density at radius 3 is 2.95 bits per heavy atom. The van der Waals surface area contributed by atoms with Crippen LogP contribution in [0.4, 0.5) is 11.5 Å². The van der Waals surface area contributed by atoms with Gasteiger partial charge in [0.15, 0.2) is 0 Å².